The molecule has 0 amide bonds. The molecule has 4 nitrogen and oxygen atoms in total. The molecule has 0 aliphatic carbocycles. The molecule has 0 aromatic heterocycles. The second kappa shape index (κ2) is 4.39. The molecule has 13 heavy (non-hydrogen) atoms. The molecule has 0 spiro atoms. The van der Waals surface area contributed by atoms with Gasteiger partial charge in [0.15, 0.2) is 0 Å². The Hall–Kier alpha value is -0.130. The summed E-state index contributed by atoms with van der Waals surface area (Å²) in [7, 11) is -3.40. The van der Waals surface area contributed by atoms with Crippen LogP contribution in [0.1, 0.15) is 27.2 Å². The largest absolute Gasteiger partial charge is 0.390 e. The number of rotatable bonds is 5. The summed E-state index contributed by atoms with van der Waals surface area (Å²) in [6.45, 7) is 5.22. The molecule has 0 fully saturated rings. The molecule has 0 bridgehead atoms. The van der Waals surface area contributed by atoms with Gasteiger partial charge >= 0.3 is 0 Å². The highest BCUT2D eigenvalue weighted by atomic mass is 32.2. The molecule has 5 heteroatoms. The lowest BCUT2D eigenvalue weighted by molar-refractivity contribution is -0.00379. The van der Waals surface area contributed by atoms with Crippen molar-refractivity contribution in [3.05, 3.63) is 0 Å². The van der Waals surface area contributed by atoms with Gasteiger partial charge in [-0.25, -0.2) is 0 Å². The fraction of sp³-hybridized carbons (Fsp3) is 1.00. The van der Waals surface area contributed by atoms with E-state index in [2.05, 4.69) is 4.18 Å². The van der Waals surface area contributed by atoms with Crippen LogP contribution in [0.5, 0.6) is 0 Å². The first kappa shape index (κ1) is 12.9. The van der Waals surface area contributed by atoms with Gasteiger partial charge in [-0.2, -0.15) is 8.42 Å². The van der Waals surface area contributed by atoms with Gasteiger partial charge in [0.1, 0.15) is 0 Å². The quantitative estimate of drug-likeness (QED) is 0.680. The van der Waals surface area contributed by atoms with Gasteiger partial charge in [-0.1, -0.05) is 6.92 Å². The molecule has 0 heterocycles. The fourth-order valence-electron chi connectivity index (χ4n) is 1.03. The molecule has 0 saturated heterocycles. The van der Waals surface area contributed by atoms with E-state index in [1.54, 1.807) is 13.8 Å². The highest BCUT2D eigenvalue weighted by molar-refractivity contribution is 7.85. The van der Waals surface area contributed by atoms with E-state index < -0.39 is 15.7 Å². The van der Waals surface area contributed by atoms with Crippen LogP contribution in [-0.4, -0.2) is 32.0 Å². The van der Waals surface area contributed by atoms with Crippen LogP contribution in [-0.2, 0) is 14.3 Å². The Labute approximate surface area is 80.0 Å². The highest BCUT2D eigenvalue weighted by Gasteiger charge is 2.26. The lowest BCUT2D eigenvalue weighted by Crippen LogP contribution is -2.34. The lowest BCUT2D eigenvalue weighted by atomic mass is 9.90. The SMILES string of the molecule is CCC(COS(C)(=O)=O)C(C)(C)O. The van der Waals surface area contributed by atoms with Crippen molar-refractivity contribution in [1.29, 1.82) is 0 Å². The summed E-state index contributed by atoms with van der Waals surface area (Å²) in [6, 6.07) is 0. The van der Waals surface area contributed by atoms with Crippen molar-refractivity contribution in [1.82, 2.24) is 0 Å². The third kappa shape index (κ3) is 6.01. The maximum Gasteiger partial charge on any atom is 0.264 e. The molecule has 0 aliphatic rings. The molecular formula is C8H18O4S. The van der Waals surface area contributed by atoms with Gasteiger partial charge in [0.2, 0.25) is 0 Å². The van der Waals surface area contributed by atoms with Crippen molar-refractivity contribution >= 4 is 10.1 Å². The van der Waals surface area contributed by atoms with Gasteiger partial charge in [0.25, 0.3) is 10.1 Å². The Morgan fingerprint density at radius 1 is 1.46 bits per heavy atom. The van der Waals surface area contributed by atoms with Gasteiger partial charge in [0.05, 0.1) is 18.5 Å². The summed E-state index contributed by atoms with van der Waals surface area (Å²) >= 11 is 0. The Kier molecular flexibility index (Phi) is 4.35. The van der Waals surface area contributed by atoms with Gasteiger partial charge in [-0.3, -0.25) is 4.18 Å². The van der Waals surface area contributed by atoms with Gasteiger partial charge < -0.3 is 5.11 Å². The van der Waals surface area contributed by atoms with Crippen LogP contribution in [0, 0.1) is 5.92 Å². The standard InChI is InChI=1S/C8H18O4S/c1-5-7(8(2,3)9)6-12-13(4,10)11/h7,9H,5-6H2,1-4H3. The first-order valence-electron chi connectivity index (χ1n) is 4.23. The van der Waals surface area contributed by atoms with Crippen molar-refractivity contribution in [2.75, 3.05) is 12.9 Å². The minimum Gasteiger partial charge on any atom is -0.390 e. The maximum atomic E-state index is 10.7. The molecular weight excluding hydrogens is 192 g/mol. The van der Waals surface area contributed by atoms with Crippen LogP contribution < -0.4 is 0 Å². The summed E-state index contributed by atoms with van der Waals surface area (Å²) in [4.78, 5) is 0. The predicted octanol–water partition coefficient (Wildman–Crippen LogP) is 0.760. The Morgan fingerprint density at radius 3 is 2.15 bits per heavy atom. The normalized spacial score (nSPS) is 15.8. The Bertz CT molecular complexity index is 237. The zero-order valence-corrected chi connectivity index (χ0v) is 9.39. The smallest absolute Gasteiger partial charge is 0.264 e. The minimum atomic E-state index is -3.40. The van der Waals surface area contributed by atoms with Crippen LogP contribution in [0.4, 0.5) is 0 Å². The summed E-state index contributed by atoms with van der Waals surface area (Å²) < 4.78 is 26.0. The molecule has 0 rings (SSSR count). The molecule has 1 atom stereocenters. The van der Waals surface area contributed by atoms with Gasteiger partial charge in [-0.05, 0) is 20.3 Å². The average Bonchev–Trinajstić information content (AvgIpc) is 1.82. The third-order valence-electron chi connectivity index (χ3n) is 1.98. The molecule has 0 aliphatic heterocycles. The van der Waals surface area contributed by atoms with Crippen molar-refractivity contribution in [3.8, 4) is 0 Å². The van der Waals surface area contributed by atoms with Crippen LogP contribution in [0.15, 0.2) is 0 Å². The van der Waals surface area contributed by atoms with Crippen molar-refractivity contribution in [2.24, 2.45) is 5.92 Å². The maximum absolute atomic E-state index is 10.7. The molecule has 0 aromatic rings. The van der Waals surface area contributed by atoms with Gasteiger partial charge in [0, 0.05) is 5.92 Å². The van der Waals surface area contributed by atoms with Crippen LogP contribution in [0.25, 0.3) is 0 Å². The van der Waals surface area contributed by atoms with E-state index in [0.29, 0.717) is 6.42 Å². The molecule has 0 saturated carbocycles. The topological polar surface area (TPSA) is 63.6 Å². The second-order valence-electron chi connectivity index (χ2n) is 3.75. The molecule has 0 radical (unpaired) electrons. The summed E-state index contributed by atoms with van der Waals surface area (Å²) in [5, 5.41) is 9.60. The molecule has 0 aromatic carbocycles. The van der Waals surface area contributed by atoms with Crippen LogP contribution >= 0.6 is 0 Å². The van der Waals surface area contributed by atoms with Crippen molar-refractivity contribution < 1.29 is 17.7 Å². The van der Waals surface area contributed by atoms with E-state index in [1.165, 1.54) is 0 Å². The Balaban J connectivity index is 4.17. The third-order valence-corrected chi connectivity index (χ3v) is 2.54. The van der Waals surface area contributed by atoms with E-state index in [9.17, 15) is 13.5 Å². The van der Waals surface area contributed by atoms with Gasteiger partial charge in [-0.15, -0.1) is 0 Å². The van der Waals surface area contributed by atoms with Crippen molar-refractivity contribution in [3.63, 3.8) is 0 Å². The second-order valence-corrected chi connectivity index (χ2v) is 5.39. The average molecular weight is 210 g/mol. The van der Waals surface area contributed by atoms with Crippen LogP contribution in [0.3, 0.4) is 0 Å². The Morgan fingerprint density at radius 2 is 1.92 bits per heavy atom. The summed E-state index contributed by atoms with van der Waals surface area (Å²) in [5.74, 6) is -0.165. The first-order chi connectivity index (χ1) is 5.67. The highest BCUT2D eigenvalue weighted by Crippen LogP contribution is 2.20. The predicted molar refractivity (Wildman–Crippen MR) is 50.9 cm³/mol. The lowest BCUT2D eigenvalue weighted by Gasteiger charge is -2.27. The van der Waals surface area contributed by atoms with E-state index in [0.717, 1.165) is 6.26 Å². The number of hydrogen-bond donors (Lipinski definition) is 1. The molecule has 1 unspecified atom stereocenters. The van der Waals surface area contributed by atoms with E-state index >= 15 is 0 Å². The first-order valence-corrected chi connectivity index (χ1v) is 6.05. The summed E-state index contributed by atoms with van der Waals surface area (Å²) in [6.07, 6.45) is 1.68. The zero-order valence-electron chi connectivity index (χ0n) is 8.57. The molecule has 80 valence electrons. The van der Waals surface area contributed by atoms with E-state index in [-0.39, 0.29) is 12.5 Å². The number of hydrogen-bond acceptors (Lipinski definition) is 4. The van der Waals surface area contributed by atoms with E-state index in [4.69, 9.17) is 0 Å². The number of aliphatic hydroxyl groups is 1. The van der Waals surface area contributed by atoms with Crippen molar-refractivity contribution in [2.45, 2.75) is 32.8 Å². The monoisotopic (exact) mass is 210 g/mol. The van der Waals surface area contributed by atoms with E-state index in [1.807, 2.05) is 6.92 Å². The van der Waals surface area contributed by atoms with Crippen LogP contribution in [0.2, 0.25) is 0 Å². The zero-order chi connectivity index (χ0) is 10.7. The molecule has 1 N–H and O–H groups in total. The summed E-state index contributed by atoms with van der Waals surface area (Å²) in [5.41, 5.74) is -0.903. The minimum absolute atomic E-state index is 0.0405. The fourth-order valence-corrected chi connectivity index (χ4v) is 1.44.